The summed E-state index contributed by atoms with van der Waals surface area (Å²) in [6.07, 6.45) is 0. The van der Waals surface area contributed by atoms with Crippen LogP contribution in [0.3, 0.4) is 0 Å². The number of phenols is 1. The first-order valence-electron chi connectivity index (χ1n) is 5.09. The van der Waals surface area contributed by atoms with Crippen molar-refractivity contribution in [3.63, 3.8) is 0 Å². The van der Waals surface area contributed by atoms with Gasteiger partial charge >= 0.3 is 0 Å². The van der Waals surface area contributed by atoms with Crippen LogP contribution in [-0.2, 0) is 4.79 Å². The summed E-state index contributed by atoms with van der Waals surface area (Å²) < 4.78 is 0. The minimum atomic E-state index is -0.199. The smallest absolute Gasteiger partial charge is 0.223 e. The molecule has 16 heavy (non-hydrogen) atoms. The molecule has 0 aliphatic carbocycles. The van der Waals surface area contributed by atoms with Gasteiger partial charge in [0.05, 0.1) is 5.56 Å². The van der Waals surface area contributed by atoms with E-state index in [1.54, 1.807) is 6.07 Å². The van der Waals surface area contributed by atoms with Crippen molar-refractivity contribution in [3.8, 4) is 5.75 Å². The van der Waals surface area contributed by atoms with Gasteiger partial charge in [-0.3, -0.25) is 9.59 Å². The predicted octanol–water partition coefficient (Wildman–Crippen LogP) is 1.97. The van der Waals surface area contributed by atoms with Crippen LogP contribution in [0.5, 0.6) is 5.75 Å². The number of carbonyl (C=O) groups excluding carboxylic acids is 2. The van der Waals surface area contributed by atoms with E-state index in [9.17, 15) is 14.7 Å². The molecule has 0 bridgehead atoms. The fourth-order valence-corrected chi connectivity index (χ4v) is 1.57. The molecule has 0 aliphatic heterocycles. The molecule has 0 aliphatic rings. The lowest BCUT2D eigenvalue weighted by Crippen LogP contribution is -2.27. The van der Waals surface area contributed by atoms with Gasteiger partial charge in [0.25, 0.3) is 0 Å². The maximum absolute atomic E-state index is 11.3. The average molecular weight is 221 g/mol. The van der Waals surface area contributed by atoms with Gasteiger partial charge in [-0.05, 0) is 26.0 Å². The Bertz CT molecular complexity index is 426. The van der Waals surface area contributed by atoms with Crippen LogP contribution >= 0.6 is 0 Å². The maximum atomic E-state index is 11.3. The van der Waals surface area contributed by atoms with Gasteiger partial charge in [-0.1, -0.05) is 0 Å². The third-order valence-electron chi connectivity index (χ3n) is 2.37. The number of ketones is 1. The Morgan fingerprint density at radius 2 is 1.94 bits per heavy atom. The molecule has 4 heteroatoms. The molecule has 0 atom stereocenters. The molecule has 4 nitrogen and oxygen atoms in total. The van der Waals surface area contributed by atoms with Crippen LogP contribution in [0, 0.1) is 0 Å². The highest BCUT2D eigenvalue weighted by Crippen LogP contribution is 2.25. The normalized spacial score (nSPS) is 9.94. The number of aromatic hydroxyl groups is 1. The lowest BCUT2D eigenvalue weighted by atomic mass is 10.1. The fraction of sp³-hybridized carbons (Fsp3) is 0.333. The standard InChI is InChI=1S/C12H15NO3/c1-4-13(9(3)15)10-5-6-11(8(2)14)12(16)7-10/h5-7,16H,4H2,1-3H3. The Morgan fingerprint density at radius 3 is 2.31 bits per heavy atom. The molecule has 0 saturated heterocycles. The van der Waals surface area contributed by atoms with Crippen molar-refractivity contribution >= 4 is 17.4 Å². The first-order valence-corrected chi connectivity index (χ1v) is 5.09. The highest BCUT2D eigenvalue weighted by atomic mass is 16.3. The summed E-state index contributed by atoms with van der Waals surface area (Å²) in [7, 11) is 0. The van der Waals surface area contributed by atoms with Crippen LogP contribution in [0.1, 0.15) is 31.1 Å². The number of anilines is 1. The molecular weight excluding hydrogens is 206 g/mol. The molecule has 0 saturated carbocycles. The largest absolute Gasteiger partial charge is 0.507 e. The van der Waals surface area contributed by atoms with Crippen LogP contribution in [-0.4, -0.2) is 23.3 Å². The van der Waals surface area contributed by atoms with E-state index >= 15 is 0 Å². The summed E-state index contributed by atoms with van der Waals surface area (Å²) in [4.78, 5) is 23.9. The van der Waals surface area contributed by atoms with Crippen molar-refractivity contribution in [1.29, 1.82) is 0 Å². The van der Waals surface area contributed by atoms with E-state index in [1.807, 2.05) is 6.92 Å². The van der Waals surface area contributed by atoms with Crippen LogP contribution < -0.4 is 4.90 Å². The Labute approximate surface area is 94.5 Å². The van der Waals surface area contributed by atoms with Gasteiger partial charge in [-0.25, -0.2) is 0 Å². The topological polar surface area (TPSA) is 57.6 Å². The minimum Gasteiger partial charge on any atom is -0.507 e. The fourth-order valence-electron chi connectivity index (χ4n) is 1.57. The molecule has 0 fully saturated rings. The van der Waals surface area contributed by atoms with Gasteiger partial charge in [0.1, 0.15) is 5.75 Å². The van der Waals surface area contributed by atoms with E-state index in [2.05, 4.69) is 0 Å². The van der Waals surface area contributed by atoms with Gasteiger partial charge in [0.2, 0.25) is 5.91 Å². The van der Waals surface area contributed by atoms with Crippen LogP contribution in [0.25, 0.3) is 0 Å². The van der Waals surface area contributed by atoms with Gasteiger partial charge < -0.3 is 10.0 Å². The van der Waals surface area contributed by atoms with Gasteiger partial charge in [-0.15, -0.1) is 0 Å². The Morgan fingerprint density at radius 1 is 1.31 bits per heavy atom. The molecule has 1 rings (SSSR count). The maximum Gasteiger partial charge on any atom is 0.223 e. The number of rotatable bonds is 3. The number of amides is 1. The summed E-state index contributed by atoms with van der Waals surface area (Å²) in [6, 6.07) is 4.61. The second-order valence-electron chi connectivity index (χ2n) is 3.52. The van der Waals surface area contributed by atoms with Crippen molar-refractivity contribution in [2.24, 2.45) is 0 Å². The minimum absolute atomic E-state index is 0.0929. The SMILES string of the molecule is CCN(C(C)=O)c1ccc(C(C)=O)c(O)c1. The van der Waals surface area contributed by atoms with Crippen LogP contribution in [0.15, 0.2) is 18.2 Å². The number of phenolic OH excluding ortho intramolecular Hbond substituents is 1. The second kappa shape index (κ2) is 4.79. The Hall–Kier alpha value is -1.84. The highest BCUT2D eigenvalue weighted by Gasteiger charge is 2.12. The third-order valence-corrected chi connectivity index (χ3v) is 2.37. The summed E-state index contributed by atoms with van der Waals surface area (Å²) in [5.74, 6) is -0.392. The van der Waals surface area contributed by atoms with E-state index in [4.69, 9.17) is 0 Å². The van der Waals surface area contributed by atoms with Crippen LogP contribution in [0.2, 0.25) is 0 Å². The summed E-state index contributed by atoms with van der Waals surface area (Å²) in [5.41, 5.74) is 0.862. The molecule has 0 aromatic heterocycles. The molecule has 0 spiro atoms. The van der Waals surface area contributed by atoms with E-state index in [1.165, 1.54) is 30.9 Å². The van der Waals surface area contributed by atoms with Gasteiger partial charge in [-0.2, -0.15) is 0 Å². The molecule has 1 aromatic carbocycles. The summed E-state index contributed by atoms with van der Waals surface area (Å²) in [5, 5.41) is 9.63. The zero-order chi connectivity index (χ0) is 12.3. The van der Waals surface area contributed by atoms with Crippen molar-refractivity contribution in [2.75, 3.05) is 11.4 Å². The molecular formula is C12H15NO3. The predicted molar refractivity (Wildman–Crippen MR) is 61.8 cm³/mol. The molecule has 86 valence electrons. The van der Waals surface area contributed by atoms with Crippen molar-refractivity contribution in [1.82, 2.24) is 0 Å². The highest BCUT2D eigenvalue weighted by molar-refractivity contribution is 5.98. The monoisotopic (exact) mass is 221 g/mol. The summed E-state index contributed by atoms with van der Waals surface area (Å²) in [6.45, 7) is 5.21. The number of carbonyl (C=O) groups is 2. The molecule has 0 heterocycles. The zero-order valence-corrected chi connectivity index (χ0v) is 9.65. The van der Waals surface area contributed by atoms with E-state index in [-0.39, 0.29) is 23.0 Å². The molecule has 0 radical (unpaired) electrons. The zero-order valence-electron chi connectivity index (χ0n) is 9.65. The van der Waals surface area contributed by atoms with Crippen molar-refractivity contribution in [3.05, 3.63) is 23.8 Å². The molecule has 1 N–H and O–H groups in total. The Kier molecular flexibility index (Phi) is 3.66. The van der Waals surface area contributed by atoms with E-state index in [0.29, 0.717) is 12.2 Å². The first kappa shape index (κ1) is 12.2. The van der Waals surface area contributed by atoms with Gasteiger partial charge in [0, 0.05) is 25.2 Å². The Balaban J connectivity index is 3.14. The number of hydrogen-bond donors (Lipinski definition) is 1. The van der Waals surface area contributed by atoms with Crippen molar-refractivity contribution in [2.45, 2.75) is 20.8 Å². The van der Waals surface area contributed by atoms with Gasteiger partial charge in [0.15, 0.2) is 5.78 Å². The lowest BCUT2D eigenvalue weighted by molar-refractivity contribution is -0.116. The average Bonchev–Trinajstić information content (AvgIpc) is 2.17. The number of benzene rings is 1. The van der Waals surface area contributed by atoms with E-state index < -0.39 is 0 Å². The van der Waals surface area contributed by atoms with Crippen LogP contribution in [0.4, 0.5) is 5.69 Å². The summed E-state index contributed by atoms with van der Waals surface area (Å²) >= 11 is 0. The second-order valence-corrected chi connectivity index (χ2v) is 3.52. The number of hydrogen-bond acceptors (Lipinski definition) is 3. The molecule has 1 amide bonds. The van der Waals surface area contributed by atoms with Crippen molar-refractivity contribution < 1.29 is 14.7 Å². The van der Waals surface area contributed by atoms with E-state index in [0.717, 1.165) is 0 Å². The first-order chi connectivity index (χ1) is 7.47. The molecule has 1 aromatic rings. The quantitative estimate of drug-likeness (QED) is 0.794. The number of nitrogens with zero attached hydrogens (tertiary/aromatic N) is 1. The molecule has 0 unspecified atom stereocenters. The third kappa shape index (κ3) is 2.39. The lowest BCUT2D eigenvalue weighted by Gasteiger charge is -2.19. The number of Topliss-reactive ketones (excluding diaryl/α,β-unsaturated/α-hetero) is 1.